The molecule has 2 aromatic carbocycles. The second-order valence-corrected chi connectivity index (χ2v) is 8.07. The van der Waals surface area contributed by atoms with E-state index in [1.165, 1.54) is 5.56 Å². The monoisotopic (exact) mass is 410 g/mol. The number of hydrogen-bond donors (Lipinski definition) is 2. The third-order valence-corrected chi connectivity index (χ3v) is 6.09. The van der Waals surface area contributed by atoms with E-state index in [4.69, 9.17) is 16.3 Å². The van der Waals surface area contributed by atoms with Crippen LogP contribution in [0.4, 0.5) is 11.4 Å². The van der Waals surface area contributed by atoms with Gasteiger partial charge < -0.3 is 15.4 Å². The number of carbonyl (C=O) groups is 1. The molecule has 0 spiro atoms. The molecule has 2 N–H and O–H groups in total. The van der Waals surface area contributed by atoms with Crippen LogP contribution in [0.1, 0.15) is 56.2 Å². The molecule has 1 heterocycles. The van der Waals surface area contributed by atoms with Crippen molar-refractivity contribution in [2.45, 2.75) is 45.1 Å². The van der Waals surface area contributed by atoms with Gasteiger partial charge in [0, 0.05) is 23.6 Å². The zero-order valence-electron chi connectivity index (χ0n) is 16.9. The Hall–Kier alpha value is -2.46. The first-order valence-electron chi connectivity index (χ1n) is 10.4. The minimum Gasteiger partial charge on any atom is -0.494 e. The van der Waals surface area contributed by atoms with E-state index in [0.29, 0.717) is 24.0 Å². The van der Waals surface area contributed by atoms with Crippen molar-refractivity contribution < 1.29 is 9.53 Å². The summed E-state index contributed by atoms with van der Waals surface area (Å²) in [7, 11) is 0. The lowest BCUT2D eigenvalue weighted by atomic mass is 9.76. The molecule has 0 fully saturated rings. The number of hydrogen-bond acceptors (Lipinski definition) is 3. The molecular weight excluding hydrogens is 384 g/mol. The van der Waals surface area contributed by atoms with Gasteiger partial charge in [-0.25, -0.2) is 0 Å². The zero-order chi connectivity index (χ0) is 20.4. The third-order valence-electron chi connectivity index (χ3n) is 5.77. The second kappa shape index (κ2) is 8.50. The number of carbonyl (C=O) groups excluding carboxylic acids is 1. The molecule has 152 valence electrons. The highest BCUT2D eigenvalue weighted by Gasteiger charge is 2.40. The molecule has 0 radical (unpaired) electrons. The summed E-state index contributed by atoms with van der Waals surface area (Å²) >= 11 is 6.60. The summed E-state index contributed by atoms with van der Waals surface area (Å²) in [5, 5.41) is 7.47. The van der Waals surface area contributed by atoms with Crippen LogP contribution in [-0.2, 0) is 4.79 Å². The first kappa shape index (κ1) is 19.8. The summed E-state index contributed by atoms with van der Waals surface area (Å²) in [6.07, 6.45) is 6.84. The lowest BCUT2D eigenvalue weighted by Crippen LogP contribution is -2.30. The predicted octanol–water partition coefficient (Wildman–Crippen LogP) is 6.30. The molecule has 0 saturated carbocycles. The summed E-state index contributed by atoms with van der Waals surface area (Å²) in [6, 6.07) is 12.2. The van der Waals surface area contributed by atoms with Crippen molar-refractivity contribution >= 4 is 28.9 Å². The van der Waals surface area contributed by atoms with Crippen LogP contribution in [-0.4, -0.2) is 12.5 Å². The second-order valence-electron chi connectivity index (χ2n) is 7.66. The molecule has 1 aliphatic heterocycles. The van der Waals surface area contributed by atoms with Gasteiger partial charge in [0.05, 0.1) is 23.4 Å². The van der Waals surface area contributed by atoms with Crippen molar-refractivity contribution in [2.24, 2.45) is 5.92 Å². The number of anilines is 2. The van der Waals surface area contributed by atoms with E-state index in [-0.39, 0.29) is 17.9 Å². The number of nitrogens with one attached hydrogen (secondary N) is 2. The highest BCUT2D eigenvalue weighted by Crippen LogP contribution is 2.53. The first-order chi connectivity index (χ1) is 14.1. The van der Waals surface area contributed by atoms with Gasteiger partial charge in [0.1, 0.15) is 5.75 Å². The van der Waals surface area contributed by atoms with Gasteiger partial charge in [-0.3, -0.25) is 4.79 Å². The Bertz CT molecular complexity index is 923. The van der Waals surface area contributed by atoms with Crippen molar-refractivity contribution in [3.05, 3.63) is 64.7 Å². The van der Waals surface area contributed by atoms with Gasteiger partial charge in [-0.1, -0.05) is 42.8 Å². The topological polar surface area (TPSA) is 50.4 Å². The largest absolute Gasteiger partial charge is 0.494 e. The molecule has 1 aliphatic carbocycles. The van der Waals surface area contributed by atoms with Crippen LogP contribution in [0.25, 0.3) is 0 Å². The highest BCUT2D eigenvalue weighted by molar-refractivity contribution is 6.33. The van der Waals surface area contributed by atoms with E-state index in [1.54, 1.807) is 0 Å². The molecule has 0 saturated heterocycles. The van der Waals surface area contributed by atoms with Crippen LogP contribution in [0, 0.1) is 5.92 Å². The average molecular weight is 411 g/mol. The molecule has 29 heavy (non-hydrogen) atoms. The van der Waals surface area contributed by atoms with E-state index in [9.17, 15) is 4.79 Å². The van der Waals surface area contributed by atoms with Crippen molar-refractivity contribution in [2.75, 3.05) is 17.2 Å². The summed E-state index contributed by atoms with van der Waals surface area (Å²) in [5.74, 6) is 1.52. The number of ether oxygens (including phenoxy) is 1. The van der Waals surface area contributed by atoms with Crippen molar-refractivity contribution in [1.82, 2.24) is 0 Å². The Morgan fingerprint density at radius 1 is 1.21 bits per heavy atom. The number of fused-ring (bicyclic) bond motifs is 3. The van der Waals surface area contributed by atoms with E-state index in [0.717, 1.165) is 35.5 Å². The van der Waals surface area contributed by atoms with E-state index in [2.05, 4.69) is 34.9 Å². The Balaban J connectivity index is 1.70. The normalized spacial score (nSPS) is 21.8. The van der Waals surface area contributed by atoms with Crippen LogP contribution in [0.5, 0.6) is 5.75 Å². The van der Waals surface area contributed by atoms with Crippen LogP contribution in [0.3, 0.4) is 0 Å². The molecule has 4 nitrogen and oxygen atoms in total. The third kappa shape index (κ3) is 3.86. The Labute approximate surface area is 177 Å². The number of benzene rings is 2. The molecule has 2 aliphatic rings. The van der Waals surface area contributed by atoms with Gasteiger partial charge in [0.2, 0.25) is 5.91 Å². The Morgan fingerprint density at radius 2 is 2.00 bits per heavy atom. The molecule has 1 amide bonds. The van der Waals surface area contributed by atoms with E-state index < -0.39 is 0 Å². The van der Waals surface area contributed by atoms with Crippen molar-refractivity contribution in [3.8, 4) is 5.75 Å². The van der Waals surface area contributed by atoms with E-state index >= 15 is 0 Å². The summed E-state index contributed by atoms with van der Waals surface area (Å²) in [6.45, 7) is 4.65. The summed E-state index contributed by atoms with van der Waals surface area (Å²) < 4.78 is 5.59. The maximum absolute atomic E-state index is 12.3. The minimum atomic E-state index is 0.0455. The predicted molar refractivity (Wildman–Crippen MR) is 119 cm³/mol. The smallest absolute Gasteiger partial charge is 0.224 e. The van der Waals surface area contributed by atoms with Crippen LogP contribution in [0.2, 0.25) is 5.02 Å². The zero-order valence-corrected chi connectivity index (χ0v) is 17.6. The highest BCUT2D eigenvalue weighted by atomic mass is 35.5. The average Bonchev–Trinajstić information content (AvgIpc) is 3.20. The maximum atomic E-state index is 12.3. The van der Waals surface area contributed by atoms with Gasteiger partial charge in [0.25, 0.3) is 0 Å². The SMILES string of the molecule is CCCC(=O)Nc1ccc(Cl)c2c1C1C=CCC1C(c1ccc(OCC)cc1)N2. The number of halogens is 1. The molecule has 3 atom stereocenters. The maximum Gasteiger partial charge on any atom is 0.224 e. The lowest BCUT2D eigenvalue weighted by Gasteiger charge is -2.39. The first-order valence-corrected chi connectivity index (χ1v) is 10.8. The van der Waals surface area contributed by atoms with E-state index in [1.807, 2.05) is 38.1 Å². The summed E-state index contributed by atoms with van der Waals surface area (Å²) in [5.41, 5.74) is 4.10. The fraction of sp³-hybridized carbons (Fsp3) is 0.375. The lowest BCUT2D eigenvalue weighted by molar-refractivity contribution is -0.116. The number of rotatable bonds is 6. The van der Waals surface area contributed by atoms with Gasteiger partial charge in [0.15, 0.2) is 0 Å². The number of amides is 1. The molecule has 3 unspecified atom stereocenters. The number of allylic oxidation sites excluding steroid dienone is 2. The van der Waals surface area contributed by atoms with Gasteiger partial charge in [-0.05, 0) is 55.5 Å². The van der Waals surface area contributed by atoms with Crippen LogP contribution < -0.4 is 15.4 Å². The van der Waals surface area contributed by atoms with Crippen molar-refractivity contribution in [3.63, 3.8) is 0 Å². The molecule has 4 rings (SSSR count). The molecule has 0 aromatic heterocycles. The molecular formula is C24H27ClN2O2. The van der Waals surface area contributed by atoms with Gasteiger partial charge >= 0.3 is 0 Å². The quantitative estimate of drug-likeness (QED) is 0.549. The van der Waals surface area contributed by atoms with Crippen molar-refractivity contribution in [1.29, 1.82) is 0 Å². The standard InChI is InChI=1S/C24H27ClN2O2/c1-3-6-21(28)26-20-14-13-19(25)24-22(20)17-7-5-8-18(17)23(27-24)15-9-11-16(12-10-15)29-4-2/h5,7,9-14,17-18,23,27H,3-4,6,8H2,1-2H3,(H,26,28). The molecule has 0 bridgehead atoms. The fourth-order valence-electron chi connectivity index (χ4n) is 4.49. The van der Waals surface area contributed by atoms with Crippen LogP contribution in [0.15, 0.2) is 48.6 Å². The van der Waals surface area contributed by atoms with Crippen LogP contribution >= 0.6 is 11.6 Å². The molecule has 2 aromatic rings. The fourth-order valence-corrected chi connectivity index (χ4v) is 4.71. The minimum absolute atomic E-state index is 0.0455. The Morgan fingerprint density at radius 3 is 2.72 bits per heavy atom. The van der Waals surface area contributed by atoms with Gasteiger partial charge in [-0.2, -0.15) is 0 Å². The molecule has 5 heteroatoms. The summed E-state index contributed by atoms with van der Waals surface area (Å²) in [4.78, 5) is 12.3. The van der Waals surface area contributed by atoms with Gasteiger partial charge in [-0.15, -0.1) is 0 Å². The Kier molecular flexibility index (Phi) is 5.81.